The lowest BCUT2D eigenvalue weighted by Crippen LogP contribution is -2.24. The fourth-order valence-corrected chi connectivity index (χ4v) is 2.53. The maximum absolute atomic E-state index is 12.8. The normalized spacial score (nSPS) is 10.3. The number of hydrogen-bond donors (Lipinski definition) is 1. The van der Waals surface area contributed by atoms with Gasteiger partial charge < -0.3 is 14.8 Å². The molecular formula is C17H17BrFNO3. The number of amides is 1. The minimum Gasteiger partial charge on any atom is -0.493 e. The van der Waals surface area contributed by atoms with Crippen molar-refractivity contribution in [2.45, 2.75) is 13.0 Å². The highest BCUT2D eigenvalue weighted by atomic mass is 79.9. The first-order valence-electron chi connectivity index (χ1n) is 6.95. The van der Waals surface area contributed by atoms with Crippen molar-refractivity contribution in [1.82, 2.24) is 5.32 Å². The van der Waals surface area contributed by atoms with E-state index in [0.29, 0.717) is 18.0 Å². The highest BCUT2D eigenvalue weighted by Crippen LogP contribution is 2.33. The third-order valence-electron chi connectivity index (χ3n) is 3.31. The van der Waals surface area contributed by atoms with E-state index in [1.165, 1.54) is 12.1 Å². The van der Waals surface area contributed by atoms with Crippen LogP contribution in [-0.4, -0.2) is 20.1 Å². The molecule has 0 saturated carbocycles. The summed E-state index contributed by atoms with van der Waals surface area (Å²) < 4.78 is 24.1. The number of hydrogen-bond acceptors (Lipinski definition) is 3. The van der Waals surface area contributed by atoms with Crippen LogP contribution in [0.3, 0.4) is 0 Å². The molecule has 0 saturated heterocycles. The summed E-state index contributed by atoms with van der Waals surface area (Å²) in [6, 6.07) is 9.55. The summed E-state index contributed by atoms with van der Waals surface area (Å²) in [6.45, 7) is 0.351. The van der Waals surface area contributed by atoms with Gasteiger partial charge in [-0.2, -0.15) is 0 Å². The van der Waals surface area contributed by atoms with Crippen molar-refractivity contribution in [2.24, 2.45) is 0 Å². The molecule has 122 valence electrons. The van der Waals surface area contributed by atoms with Crippen LogP contribution in [0.15, 0.2) is 40.9 Å². The maximum atomic E-state index is 12.8. The Labute approximate surface area is 142 Å². The average Bonchev–Trinajstić information content (AvgIpc) is 2.55. The maximum Gasteiger partial charge on any atom is 0.224 e. The van der Waals surface area contributed by atoms with Crippen molar-refractivity contribution in [3.05, 3.63) is 57.8 Å². The van der Waals surface area contributed by atoms with Crippen LogP contribution in [-0.2, 0) is 17.8 Å². The molecule has 2 rings (SSSR count). The second kappa shape index (κ2) is 7.97. The second-order valence-corrected chi connectivity index (χ2v) is 5.73. The van der Waals surface area contributed by atoms with E-state index in [0.717, 1.165) is 15.6 Å². The number of carbonyl (C=O) groups excluding carboxylic acids is 1. The molecule has 23 heavy (non-hydrogen) atoms. The van der Waals surface area contributed by atoms with Gasteiger partial charge >= 0.3 is 0 Å². The quantitative estimate of drug-likeness (QED) is 0.833. The molecule has 0 heterocycles. The fourth-order valence-electron chi connectivity index (χ4n) is 2.07. The van der Waals surface area contributed by atoms with E-state index in [2.05, 4.69) is 21.2 Å². The number of ether oxygens (including phenoxy) is 2. The van der Waals surface area contributed by atoms with E-state index in [9.17, 15) is 9.18 Å². The van der Waals surface area contributed by atoms with Gasteiger partial charge in [-0.25, -0.2) is 4.39 Å². The van der Waals surface area contributed by atoms with Gasteiger partial charge in [0.1, 0.15) is 5.82 Å². The Morgan fingerprint density at radius 1 is 1.13 bits per heavy atom. The highest BCUT2D eigenvalue weighted by Gasteiger charge is 2.12. The van der Waals surface area contributed by atoms with E-state index in [1.54, 1.807) is 38.5 Å². The standard InChI is InChI=1S/C17H17BrFNO3/c1-22-15-7-12(14(18)9-16(15)23-2)8-17(21)20-10-11-3-5-13(19)6-4-11/h3-7,9H,8,10H2,1-2H3,(H,20,21). The van der Waals surface area contributed by atoms with Crippen molar-refractivity contribution in [3.8, 4) is 11.5 Å². The lowest BCUT2D eigenvalue weighted by Gasteiger charge is -2.12. The molecule has 1 amide bonds. The van der Waals surface area contributed by atoms with Gasteiger partial charge in [-0.1, -0.05) is 28.1 Å². The lowest BCUT2D eigenvalue weighted by atomic mass is 10.1. The Bertz CT molecular complexity index is 689. The van der Waals surface area contributed by atoms with Crippen molar-refractivity contribution in [3.63, 3.8) is 0 Å². The van der Waals surface area contributed by atoms with Gasteiger partial charge in [-0.3, -0.25) is 4.79 Å². The number of rotatable bonds is 6. The van der Waals surface area contributed by atoms with Gasteiger partial charge in [0.2, 0.25) is 5.91 Å². The molecule has 0 aliphatic heterocycles. The van der Waals surface area contributed by atoms with Crippen LogP contribution in [0.1, 0.15) is 11.1 Å². The zero-order valence-corrected chi connectivity index (χ0v) is 14.4. The van der Waals surface area contributed by atoms with Crippen molar-refractivity contribution in [2.75, 3.05) is 14.2 Å². The number of carbonyl (C=O) groups is 1. The molecule has 0 aliphatic carbocycles. The summed E-state index contributed by atoms with van der Waals surface area (Å²) in [5.74, 6) is 0.725. The Balaban J connectivity index is 2.01. The van der Waals surface area contributed by atoms with Crippen LogP contribution >= 0.6 is 15.9 Å². The summed E-state index contributed by atoms with van der Waals surface area (Å²) in [5.41, 5.74) is 1.63. The first-order chi connectivity index (χ1) is 11.0. The first-order valence-corrected chi connectivity index (χ1v) is 7.74. The summed E-state index contributed by atoms with van der Waals surface area (Å²) in [4.78, 5) is 12.1. The molecule has 0 radical (unpaired) electrons. The van der Waals surface area contributed by atoms with Crippen LogP contribution < -0.4 is 14.8 Å². The monoisotopic (exact) mass is 381 g/mol. The van der Waals surface area contributed by atoms with E-state index >= 15 is 0 Å². The van der Waals surface area contributed by atoms with Crippen molar-refractivity contribution in [1.29, 1.82) is 0 Å². The molecule has 0 aromatic heterocycles. The zero-order valence-electron chi connectivity index (χ0n) is 12.9. The third kappa shape index (κ3) is 4.69. The molecule has 2 aromatic rings. The minimum atomic E-state index is -0.297. The Morgan fingerprint density at radius 2 is 1.74 bits per heavy atom. The van der Waals surface area contributed by atoms with Crippen LogP contribution in [0.4, 0.5) is 4.39 Å². The van der Waals surface area contributed by atoms with Crippen LogP contribution in [0, 0.1) is 5.82 Å². The molecule has 1 N–H and O–H groups in total. The van der Waals surface area contributed by atoms with Crippen molar-refractivity contribution >= 4 is 21.8 Å². The fraction of sp³-hybridized carbons (Fsp3) is 0.235. The minimum absolute atomic E-state index is 0.137. The molecule has 0 bridgehead atoms. The number of methoxy groups -OCH3 is 2. The Kier molecular flexibility index (Phi) is 5.98. The second-order valence-electron chi connectivity index (χ2n) is 4.88. The average molecular weight is 382 g/mol. The lowest BCUT2D eigenvalue weighted by molar-refractivity contribution is -0.120. The van der Waals surface area contributed by atoms with Gasteiger partial charge in [0, 0.05) is 11.0 Å². The molecule has 0 atom stereocenters. The van der Waals surface area contributed by atoms with Crippen LogP contribution in [0.2, 0.25) is 0 Å². The van der Waals surface area contributed by atoms with E-state index in [1.807, 2.05) is 0 Å². The summed E-state index contributed by atoms with van der Waals surface area (Å²) in [6.07, 6.45) is 0.197. The molecule has 2 aromatic carbocycles. The molecule has 4 nitrogen and oxygen atoms in total. The van der Waals surface area contributed by atoms with Gasteiger partial charge in [-0.15, -0.1) is 0 Å². The largest absolute Gasteiger partial charge is 0.493 e. The SMILES string of the molecule is COc1cc(Br)c(CC(=O)NCc2ccc(F)cc2)cc1OC. The summed E-state index contributed by atoms with van der Waals surface area (Å²) >= 11 is 3.43. The predicted octanol–water partition coefficient (Wildman–Crippen LogP) is 3.46. The smallest absolute Gasteiger partial charge is 0.224 e. The molecule has 0 aliphatic rings. The molecule has 0 fully saturated rings. The Morgan fingerprint density at radius 3 is 2.35 bits per heavy atom. The highest BCUT2D eigenvalue weighted by molar-refractivity contribution is 9.10. The van der Waals surface area contributed by atoms with Crippen LogP contribution in [0.5, 0.6) is 11.5 Å². The zero-order chi connectivity index (χ0) is 16.8. The summed E-state index contributed by atoms with van der Waals surface area (Å²) in [5, 5.41) is 2.81. The van der Waals surface area contributed by atoms with Gasteiger partial charge in [0.25, 0.3) is 0 Å². The molecular weight excluding hydrogens is 365 g/mol. The summed E-state index contributed by atoms with van der Waals surface area (Å²) in [7, 11) is 3.10. The van der Waals surface area contributed by atoms with Crippen molar-refractivity contribution < 1.29 is 18.7 Å². The van der Waals surface area contributed by atoms with E-state index in [-0.39, 0.29) is 18.1 Å². The number of nitrogens with one attached hydrogen (secondary N) is 1. The third-order valence-corrected chi connectivity index (χ3v) is 4.04. The molecule has 6 heteroatoms. The Hall–Kier alpha value is -2.08. The van der Waals surface area contributed by atoms with Crippen LogP contribution in [0.25, 0.3) is 0 Å². The van der Waals surface area contributed by atoms with Gasteiger partial charge in [0.05, 0.1) is 20.6 Å². The molecule has 0 spiro atoms. The van der Waals surface area contributed by atoms with E-state index < -0.39 is 0 Å². The topological polar surface area (TPSA) is 47.6 Å². The first kappa shape index (κ1) is 17.3. The van der Waals surface area contributed by atoms with E-state index in [4.69, 9.17) is 9.47 Å². The van der Waals surface area contributed by atoms with Gasteiger partial charge in [-0.05, 0) is 35.4 Å². The predicted molar refractivity (Wildman–Crippen MR) is 89.2 cm³/mol. The van der Waals surface area contributed by atoms with Gasteiger partial charge in [0.15, 0.2) is 11.5 Å². The number of halogens is 2. The molecule has 0 unspecified atom stereocenters. The number of benzene rings is 2.